The van der Waals surface area contributed by atoms with Crippen molar-refractivity contribution in [2.24, 2.45) is 5.92 Å². The van der Waals surface area contributed by atoms with Gasteiger partial charge in [0.25, 0.3) is 5.91 Å². The Morgan fingerprint density at radius 1 is 0.933 bits per heavy atom. The number of rotatable bonds is 3. The first-order chi connectivity index (χ1) is 14.7. The first-order valence-electron chi connectivity index (χ1n) is 10.8. The number of thiophene rings is 1. The van der Waals surface area contributed by atoms with Gasteiger partial charge in [-0.3, -0.25) is 9.59 Å². The molecular weight excluding hydrogens is 396 g/mol. The van der Waals surface area contributed by atoms with Crippen molar-refractivity contribution < 1.29 is 9.59 Å². The fourth-order valence-electron chi connectivity index (χ4n) is 4.68. The van der Waals surface area contributed by atoms with Crippen LogP contribution in [-0.2, 0) is 4.79 Å². The minimum absolute atomic E-state index is 0.0418. The third kappa shape index (κ3) is 3.74. The molecule has 2 aromatic heterocycles. The van der Waals surface area contributed by atoms with Gasteiger partial charge in [-0.25, -0.2) is 4.98 Å². The maximum Gasteiger partial charge on any atom is 0.263 e. The van der Waals surface area contributed by atoms with E-state index in [1.807, 2.05) is 45.5 Å². The van der Waals surface area contributed by atoms with Gasteiger partial charge in [-0.1, -0.05) is 18.2 Å². The SMILES string of the molecule is O=C(c1cccs1)N1CCC(C(=O)N2CCC(c3nc4ccccc4[nH]3)CC2)CC1. The van der Waals surface area contributed by atoms with Crippen molar-refractivity contribution in [1.29, 1.82) is 0 Å². The van der Waals surface area contributed by atoms with Crippen LogP contribution in [-0.4, -0.2) is 57.8 Å². The summed E-state index contributed by atoms with van der Waals surface area (Å²) in [7, 11) is 0. The van der Waals surface area contributed by atoms with Gasteiger partial charge in [0.1, 0.15) is 5.82 Å². The van der Waals surface area contributed by atoms with Crippen LogP contribution in [0.2, 0.25) is 0 Å². The van der Waals surface area contributed by atoms with E-state index < -0.39 is 0 Å². The maximum atomic E-state index is 13.0. The van der Waals surface area contributed by atoms with E-state index in [1.54, 1.807) is 0 Å². The molecule has 1 aromatic carbocycles. The number of carbonyl (C=O) groups is 2. The topological polar surface area (TPSA) is 69.3 Å². The standard InChI is InChI=1S/C23H26N4O2S/c28-22(17-9-13-27(14-10-17)23(29)20-6-3-15-30-20)26-11-7-16(8-12-26)21-24-18-4-1-2-5-19(18)25-21/h1-6,15-17H,7-14H2,(H,24,25). The van der Waals surface area contributed by atoms with Gasteiger partial charge in [0.15, 0.2) is 0 Å². The average Bonchev–Trinajstić information content (AvgIpc) is 3.48. The average molecular weight is 423 g/mol. The molecule has 0 saturated carbocycles. The van der Waals surface area contributed by atoms with Crippen LogP contribution in [0.15, 0.2) is 41.8 Å². The number of aromatic amines is 1. The summed E-state index contributed by atoms with van der Waals surface area (Å²) < 4.78 is 0. The van der Waals surface area contributed by atoms with Crippen LogP contribution >= 0.6 is 11.3 Å². The van der Waals surface area contributed by atoms with Crippen LogP contribution < -0.4 is 0 Å². The Balaban J connectivity index is 1.14. The number of aromatic nitrogens is 2. The van der Waals surface area contributed by atoms with Crippen molar-refractivity contribution >= 4 is 34.2 Å². The lowest BCUT2D eigenvalue weighted by Crippen LogP contribution is -2.46. The monoisotopic (exact) mass is 422 g/mol. The summed E-state index contributed by atoms with van der Waals surface area (Å²) in [6.07, 6.45) is 3.42. The smallest absolute Gasteiger partial charge is 0.263 e. The van der Waals surface area contributed by atoms with E-state index in [1.165, 1.54) is 11.3 Å². The van der Waals surface area contributed by atoms with Crippen LogP contribution in [0, 0.1) is 5.92 Å². The molecule has 2 fully saturated rings. The minimum atomic E-state index is 0.0418. The van der Waals surface area contributed by atoms with Gasteiger partial charge in [0.05, 0.1) is 15.9 Å². The molecular formula is C23H26N4O2S. The summed E-state index contributed by atoms with van der Waals surface area (Å²) in [4.78, 5) is 38.5. The van der Waals surface area contributed by atoms with E-state index in [-0.39, 0.29) is 17.7 Å². The summed E-state index contributed by atoms with van der Waals surface area (Å²) in [5.41, 5.74) is 2.09. The molecule has 0 bridgehead atoms. The van der Waals surface area contributed by atoms with Gasteiger partial charge >= 0.3 is 0 Å². The van der Waals surface area contributed by atoms with Gasteiger partial charge in [-0.05, 0) is 49.3 Å². The summed E-state index contributed by atoms with van der Waals surface area (Å²) in [5.74, 6) is 1.83. The van der Waals surface area contributed by atoms with Crippen molar-refractivity contribution in [2.45, 2.75) is 31.6 Å². The van der Waals surface area contributed by atoms with E-state index in [4.69, 9.17) is 4.98 Å². The van der Waals surface area contributed by atoms with E-state index >= 15 is 0 Å². The van der Waals surface area contributed by atoms with Crippen molar-refractivity contribution in [3.8, 4) is 0 Å². The van der Waals surface area contributed by atoms with Gasteiger partial charge in [-0.2, -0.15) is 0 Å². The molecule has 0 radical (unpaired) electrons. The van der Waals surface area contributed by atoms with Crippen LogP contribution in [0.25, 0.3) is 11.0 Å². The molecule has 156 valence electrons. The quantitative estimate of drug-likeness (QED) is 0.696. The van der Waals surface area contributed by atoms with Gasteiger partial charge < -0.3 is 14.8 Å². The van der Waals surface area contributed by atoms with Gasteiger partial charge in [0.2, 0.25) is 5.91 Å². The molecule has 30 heavy (non-hydrogen) atoms. The molecule has 0 aliphatic carbocycles. The lowest BCUT2D eigenvalue weighted by Gasteiger charge is -2.37. The Kier molecular flexibility index (Phi) is 5.29. The number of likely N-dealkylation sites (tertiary alicyclic amines) is 2. The number of nitrogens with zero attached hydrogens (tertiary/aromatic N) is 3. The molecule has 4 heterocycles. The second kappa shape index (κ2) is 8.22. The number of benzene rings is 1. The third-order valence-electron chi connectivity index (χ3n) is 6.46. The predicted octanol–water partition coefficient (Wildman–Crippen LogP) is 3.88. The molecule has 3 aromatic rings. The van der Waals surface area contributed by atoms with E-state index in [0.29, 0.717) is 19.0 Å². The molecule has 2 saturated heterocycles. The van der Waals surface area contributed by atoms with Crippen LogP contribution in [0.3, 0.4) is 0 Å². The maximum absolute atomic E-state index is 13.0. The first kappa shape index (κ1) is 19.3. The van der Waals surface area contributed by atoms with Crippen LogP contribution in [0.5, 0.6) is 0 Å². The zero-order chi connectivity index (χ0) is 20.5. The molecule has 2 aliphatic heterocycles. The van der Waals surface area contributed by atoms with Crippen molar-refractivity contribution in [1.82, 2.24) is 19.8 Å². The Morgan fingerprint density at radius 3 is 2.37 bits per heavy atom. The predicted molar refractivity (Wildman–Crippen MR) is 118 cm³/mol. The molecule has 0 unspecified atom stereocenters. The fourth-order valence-corrected chi connectivity index (χ4v) is 5.37. The normalized spacial score (nSPS) is 18.8. The summed E-state index contributed by atoms with van der Waals surface area (Å²) in [5, 5.41) is 1.93. The Bertz CT molecular complexity index is 996. The third-order valence-corrected chi connectivity index (χ3v) is 7.32. The van der Waals surface area contributed by atoms with E-state index in [9.17, 15) is 9.59 Å². The Morgan fingerprint density at radius 2 is 1.67 bits per heavy atom. The van der Waals surface area contributed by atoms with Gasteiger partial charge in [-0.15, -0.1) is 11.3 Å². The number of nitrogens with one attached hydrogen (secondary N) is 1. The number of hydrogen-bond acceptors (Lipinski definition) is 4. The number of hydrogen-bond donors (Lipinski definition) is 1. The number of piperidine rings is 2. The largest absolute Gasteiger partial charge is 0.342 e. The molecule has 0 atom stereocenters. The Hall–Kier alpha value is -2.67. The summed E-state index contributed by atoms with van der Waals surface area (Å²) >= 11 is 1.48. The molecule has 2 aliphatic rings. The molecule has 7 heteroatoms. The number of imidazole rings is 1. The molecule has 2 amide bonds. The fraction of sp³-hybridized carbons (Fsp3) is 0.435. The second-order valence-electron chi connectivity index (χ2n) is 8.28. The second-order valence-corrected chi connectivity index (χ2v) is 9.23. The highest BCUT2D eigenvalue weighted by Gasteiger charge is 2.33. The highest BCUT2D eigenvalue weighted by Crippen LogP contribution is 2.30. The summed E-state index contributed by atoms with van der Waals surface area (Å²) in [6, 6.07) is 11.9. The number of H-pyrrole nitrogens is 1. The zero-order valence-corrected chi connectivity index (χ0v) is 17.7. The minimum Gasteiger partial charge on any atom is -0.342 e. The highest BCUT2D eigenvalue weighted by molar-refractivity contribution is 7.12. The van der Waals surface area contributed by atoms with E-state index in [2.05, 4.69) is 11.1 Å². The zero-order valence-electron chi connectivity index (χ0n) is 16.9. The number of carbonyl (C=O) groups excluding carboxylic acids is 2. The van der Waals surface area contributed by atoms with Gasteiger partial charge in [0, 0.05) is 38.0 Å². The highest BCUT2D eigenvalue weighted by atomic mass is 32.1. The molecule has 5 rings (SSSR count). The van der Waals surface area contributed by atoms with Crippen molar-refractivity contribution in [2.75, 3.05) is 26.2 Å². The summed E-state index contributed by atoms with van der Waals surface area (Å²) in [6.45, 7) is 2.91. The molecule has 1 N–H and O–H groups in total. The number of fused-ring (bicyclic) bond motifs is 1. The number of amides is 2. The molecule has 0 spiro atoms. The molecule has 6 nitrogen and oxygen atoms in total. The van der Waals surface area contributed by atoms with Crippen molar-refractivity contribution in [3.05, 3.63) is 52.5 Å². The first-order valence-corrected chi connectivity index (χ1v) is 11.6. The Labute approximate surface area is 179 Å². The van der Waals surface area contributed by atoms with E-state index in [0.717, 1.165) is 60.5 Å². The van der Waals surface area contributed by atoms with Crippen LogP contribution in [0.1, 0.15) is 47.1 Å². The van der Waals surface area contributed by atoms with Crippen LogP contribution in [0.4, 0.5) is 0 Å². The van der Waals surface area contributed by atoms with Crippen molar-refractivity contribution in [3.63, 3.8) is 0 Å². The lowest BCUT2D eigenvalue weighted by atomic mass is 9.91. The lowest BCUT2D eigenvalue weighted by molar-refractivity contribution is -0.138. The number of para-hydroxylation sites is 2.